The molecule has 1 aromatic heterocycles. The Kier molecular flexibility index (Phi) is 4.43. The molecule has 2 aliphatic rings. The fraction of sp³-hybridized carbons (Fsp3) is 0.350. The second-order valence-electron chi connectivity index (χ2n) is 6.79. The first kappa shape index (κ1) is 17.1. The zero-order chi connectivity index (χ0) is 17.7. The molecular weight excluding hydrogens is 375 g/mol. The Morgan fingerprint density at radius 1 is 1.16 bits per heavy atom. The molecule has 1 heterocycles. The summed E-state index contributed by atoms with van der Waals surface area (Å²) < 4.78 is 1.27. The summed E-state index contributed by atoms with van der Waals surface area (Å²) in [6.07, 6.45) is 3.37. The van der Waals surface area contributed by atoms with Gasteiger partial charge in [0.15, 0.2) is 5.78 Å². The number of Topliss-reactive ketones (excluding diaryl/α,β-unsaturated/α-hetero) is 1. The van der Waals surface area contributed by atoms with Crippen LogP contribution in [-0.2, 0) is 11.2 Å². The number of carbonyl (C=O) groups excluding carboxylic acids is 1. The Morgan fingerprint density at radius 2 is 1.92 bits per heavy atom. The van der Waals surface area contributed by atoms with E-state index in [9.17, 15) is 9.90 Å². The van der Waals surface area contributed by atoms with Gasteiger partial charge in [0, 0.05) is 17.4 Å². The summed E-state index contributed by atoms with van der Waals surface area (Å²) in [4.78, 5) is 12.9. The van der Waals surface area contributed by atoms with Crippen LogP contribution >= 0.6 is 34.5 Å². The maximum atomic E-state index is 12.9. The topological polar surface area (TPSA) is 37.3 Å². The molecule has 1 saturated carbocycles. The van der Waals surface area contributed by atoms with Crippen molar-refractivity contribution in [1.82, 2.24) is 0 Å². The first-order valence-corrected chi connectivity index (χ1v) is 10.1. The minimum atomic E-state index is 0.0587. The molecule has 2 nitrogen and oxygen atoms in total. The van der Waals surface area contributed by atoms with E-state index in [2.05, 4.69) is 6.92 Å². The number of thiophene rings is 1. The number of aryl methyl sites for hydroxylation is 1. The molecule has 2 bridgehead atoms. The summed E-state index contributed by atoms with van der Waals surface area (Å²) in [7, 11) is 0. The van der Waals surface area contributed by atoms with E-state index in [-0.39, 0.29) is 23.4 Å². The normalized spacial score (nSPS) is 22.8. The number of fused-ring (bicyclic) bond motifs is 2. The molecule has 5 heteroatoms. The molecule has 4 rings (SSSR count). The van der Waals surface area contributed by atoms with Gasteiger partial charge < -0.3 is 5.11 Å². The number of aliphatic hydroxyl groups excluding tert-OH is 1. The van der Waals surface area contributed by atoms with Crippen molar-refractivity contribution in [3.8, 4) is 11.1 Å². The van der Waals surface area contributed by atoms with Crippen LogP contribution < -0.4 is 0 Å². The van der Waals surface area contributed by atoms with Gasteiger partial charge in [-0.15, -0.1) is 11.3 Å². The number of ketones is 1. The van der Waals surface area contributed by atoms with Crippen molar-refractivity contribution in [1.29, 1.82) is 0 Å². The highest BCUT2D eigenvalue weighted by Gasteiger charge is 2.41. The van der Waals surface area contributed by atoms with Crippen molar-refractivity contribution in [2.75, 3.05) is 0 Å². The van der Waals surface area contributed by atoms with Crippen LogP contribution in [0.1, 0.15) is 37.3 Å². The molecule has 2 aromatic rings. The van der Waals surface area contributed by atoms with E-state index in [0.29, 0.717) is 14.2 Å². The molecule has 1 aromatic carbocycles. The van der Waals surface area contributed by atoms with Crippen LogP contribution in [0.4, 0.5) is 0 Å². The Hall–Kier alpha value is -1.29. The number of hydrogen-bond acceptors (Lipinski definition) is 3. The van der Waals surface area contributed by atoms with Gasteiger partial charge in [0.2, 0.25) is 0 Å². The van der Waals surface area contributed by atoms with Crippen LogP contribution in [0.15, 0.2) is 30.0 Å². The first-order valence-electron chi connectivity index (χ1n) is 8.55. The summed E-state index contributed by atoms with van der Waals surface area (Å²) in [5.74, 6) is 0.557. The van der Waals surface area contributed by atoms with E-state index in [0.717, 1.165) is 47.9 Å². The molecule has 0 saturated heterocycles. The minimum absolute atomic E-state index is 0.0587. The SMILES string of the molecule is CCc1ccc(-c2cc(Cl)sc2Cl)cc1C1=C(O)[C@H]2CC[C@H](C2)C1=O. The number of carbonyl (C=O) groups is 1. The van der Waals surface area contributed by atoms with Gasteiger partial charge in [-0.2, -0.15) is 0 Å². The molecule has 1 fully saturated rings. The number of rotatable bonds is 3. The molecular formula is C20H18Cl2O2S. The van der Waals surface area contributed by atoms with Crippen molar-refractivity contribution in [3.05, 3.63) is 49.8 Å². The summed E-state index contributed by atoms with van der Waals surface area (Å²) in [6, 6.07) is 7.86. The van der Waals surface area contributed by atoms with Gasteiger partial charge in [-0.1, -0.05) is 42.3 Å². The van der Waals surface area contributed by atoms with E-state index < -0.39 is 0 Å². The largest absolute Gasteiger partial charge is 0.511 e. The van der Waals surface area contributed by atoms with Crippen LogP contribution in [0.3, 0.4) is 0 Å². The standard InChI is InChI=1S/C20H18Cl2O2S/c1-2-10-3-4-11(15-9-16(21)25-20(15)22)8-14(10)17-18(23)12-5-6-13(7-12)19(17)24/h3-4,8-9,12-13,23H,2,5-7H2,1H3/t12-,13+/m0/s1. The maximum absolute atomic E-state index is 12.9. The average Bonchev–Trinajstić information content (AvgIpc) is 3.18. The molecule has 0 amide bonds. The predicted molar refractivity (Wildman–Crippen MR) is 105 cm³/mol. The molecule has 1 N–H and O–H groups in total. The second-order valence-corrected chi connectivity index (χ2v) is 9.08. The molecule has 2 aliphatic carbocycles. The molecule has 0 spiro atoms. The van der Waals surface area contributed by atoms with Crippen LogP contribution in [0.5, 0.6) is 0 Å². The molecule has 130 valence electrons. The lowest BCUT2D eigenvalue weighted by Crippen LogP contribution is -2.22. The van der Waals surface area contributed by atoms with Gasteiger partial charge in [-0.05, 0) is 54.5 Å². The zero-order valence-corrected chi connectivity index (χ0v) is 16.1. The number of aliphatic hydroxyl groups is 1. The third kappa shape index (κ3) is 2.83. The number of benzene rings is 1. The Bertz CT molecular complexity index is 897. The third-order valence-corrected chi connectivity index (χ3v) is 6.91. The highest BCUT2D eigenvalue weighted by molar-refractivity contribution is 7.20. The number of hydrogen-bond donors (Lipinski definition) is 1. The predicted octanol–water partition coefficient (Wildman–Crippen LogP) is 6.55. The fourth-order valence-corrected chi connectivity index (χ4v) is 5.60. The van der Waals surface area contributed by atoms with Gasteiger partial charge in [-0.3, -0.25) is 4.79 Å². The minimum Gasteiger partial charge on any atom is -0.511 e. The highest BCUT2D eigenvalue weighted by atomic mass is 35.5. The number of halogens is 2. The molecule has 0 radical (unpaired) electrons. The van der Waals surface area contributed by atoms with E-state index in [1.165, 1.54) is 11.3 Å². The van der Waals surface area contributed by atoms with Gasteiger partial charge in [0.1, 0.15) is 10.1 Å². The van der Waals surface area contributed by atoms with Crippen molar-refractivity contribution >= 4 is 45.9 Å². The van der Waals surface area contributed by atoms with Gasteiger partial charge in [-0.25, -0.2) is 0 Å². The Balaban J connectivity index is 1.89. The van der Waals surface area contributed by atoms with E-state index in [4.69, 9.17) is 23.2 Å². The first-order chi connectivity index (χ1) is 12.0. The quantitative estimate of drug-likeness (QED) is 0.642. The maximum Gasteiger partial charge on any atom is 0.169 e. The van der Waals surface area contributed by atoms with Crippen LogP contribution in [0.25, 0.3) is 16.7 Å². The summed E-state index contributed by atoms with van der Waals surface area (Å²) in [6.45, 7) is 2.06. The zero-order valence-electron chi connectivity index (χ0n) is 13.8. The molecule has 0 aliphatic heterocycles. The summed E-state index contributed by atoms with van der Waals surface area (Å²) in [5.41, 5.74) is 4.23. The lowest BCUT2D eigenvalue weighted by atomic mass is 9.81. The van der Waals surface area contributed by atoms with Crippen molar-refractivity contribution in [2.45, 2.75) is 32.6 Å². The van der Waals surface area contributed by atoms with Gasteiger partial charge >= 0.3 is 0 Å². The van der Waals surface area contributed by atoms with Crippen molar-refractivity contribution in [3.63, 3.8) is 0 Å². The van der Waals surface area contributed by atoms with Crippen molar-refractivity contribution < 1.29 is 9.90 Å². The Morgan fingerprint density at radius 3 is 2.60 bits per heavy atom. The lowest BCUT2D eigenvalue weighted by Gasteiger charge is -2.23. The van der Waals surface area contributed by atoms with E-state index >= 15 is 0 Å². The average molecular weight is 393 g/mol. The smallest absolute Gasteiger partial charge is 0.169 e. The Labute approximate surface area is 161 Å². The van der Waals surface area contributed by atoms with Crippen LogP contribution in [-0.4, -0.2) is 10.9 Å². The molecule has 2 atom stereocenters. The van der Waals surface area contributed by atoms with Crippen LogP contribution in [0.2, 0.25) is 8.67 Å². The monoisotopic (exact) mass is 392 g/mol. The van der Waals surface area contributed by atoms with Gasteiger partial charge in [0.05, 0.1) is 9.91 Å². The summed E-state index contributed by atoms with van der Waals surface area (Å²) in [5, 5.41) is 10.7. The second kappa shape index (κ2) is 6.46. The fourth-order valence-electron chi connectivity index (χ4n) is 4.10. The van der Waals surface area contributed by atoms with Crippen molar-refractivity contribution in [2.24, 2.45) is 11.8 Å². The van der Waals surface area contributed by atoms with E-state index in [1.807, 2.05) is 24.3 Å². The van der Waals surface area contributed by atoms with Gasteiger partial charge in [0.25, 0.3) is 0 Å². The molecule has 25 heavy (non-hydrogen) atoms. The highest BCUT2D eigenvalue weighted by Crippen LogP contribution is 2.47. The summed E-state index contributed by atoms with van der Waals surface area (Å²) >= 11 is 13.7. The lowest BCUT2D eigenvalue weighted by molar-refractivity contribution is -0.117. The van der Waals surface area contributed by atoms with Crippen LogP contribution in [0, 0.1) is 11.8 Å². The third-order valence-electron chi connectivity index (χ3n) is 5.42. The van der Waals surface area contributed by atoms with E-state index in [1.54, 1.807) is 0 Å². The number of allylic oxidation sites excluding steroid dienone is 2. The molecule has 0 unspecified atom stereocenters.